The van der Waals surface area contributed by atoms with Gasteiger partial charge in [0.15, 0.2) is 0 Å². The van der Waals surface area contributed by atoms with E-state index >= 15 is 0 Å². The minimum Gasteiger partial charge on any atom is -0.293 e. The standard InChI is InChI=1S/C20H19NO2/c1-15(17-10-4-3-5-11-17)9-8-13-18-12-6-7-14-19(18)20(23)21-16(2)22/h3-12,14H,1,13H2,2H3,(H,21,22,23)/b9-8+. The first-order valence-electron chi connectivity index (χ1n) is 7.38. The minimum absolute atomic E-state index is 0.363. The molecule has 0 bridgehead atoms. The molecule has 0 radical (unpaired) electrons. The van der Waals surface area contributed by atoms with Gasteiger partial charge in [-0.2, -0.15) is 0 Å². The number of imide groups is 1. The summed E-state index contributed by atoms with van der Waals surface area (Å²) in [5.41, 5.74) is 3.35. The zero-order valence-corrected chi connectivity index (χ0v) is 13.1. The third-order valence-electron chi connectivity index (χ3n) is 3.35. The van der Waals surface area contributed by atoms with Crippen molar-refractivity contribution in [1.29, 1.82) is 0 Å². The van der Waals surface area contributed by atoms with Crippen molar-refractivity contribution in [3.63, 3.8) is 0 Å². The van der Waals surface area contributed by atoms with Crippen molar-refractivity contribution < 1.29 is 9.59 Å². The predicted molar refractivity (Wildman–Crippen MR) is 92.9 cm³/mol. The van der Waals surface area contributed by atoms with Crippen LogP contribution in [-0.2, 0) is 11.2 Å². The average Bonchev–Trinajstić information content (AvgIpc) is 2.55. The van der Waals surface area contributed by atoms with Crippen LogP contribution < -0.4 is 5.32 Å². The van der Waals surface area contributed by atoms with Crippen LogP contribution in [0.3, 0.4) is 0 Å². The van der Waals surface area contributed by atoms with E-state index in [1.807, 2.05) is 54.6 Å². The highest BCUT2D eigenvalue weighted by Crippen LogP contribution is 2.15. The highest BCUT2D eigenvalue weighted by molar-refractivity contribution is 6.04. The maximum absolute atomic E-state index is 12.0. The first-order chi connectivity index (χ1) is 11.1. The van der Waals surface area contributed by atoms with Gasteiger partial charge in [-0.25, -0.2) is 0 Å². The van der Waals surface area contributed by atoms with Crippen LogP contribution >= 0.6 is 0 Å². The molecule has 0 aliphatic carbocycles. The van der Waals surface area contributed by atoms with Crippen LogP contribution in [0.5, 0.6) is 0 Å². The molecule has 2 rings (SSSR count). The van der Waals surface area contributed by atoms with Gasteiger partial charge in [-0.3, -0.25) is 14.9 Å². The molecule has 0 unspecified atom stereocenters. The fourth-order valence-corrected chi connectivity index (χ4v) is 2.22. The number of hydrogen-bond donors (Lipinski definition) is 1. The van der Waals surface area contributed by atoms with Crippen molar-refractivity contribution in [2.24, 2.45) is 0 Å². The van der Waals surface area contributed by atoms with Crippen molar-refractivity contribution in [2.45, 2.75) is 13.3 Å². The molecular weight excluding hydrogens is 286 g/mol. The van der Waals surface area contributed by atoms with E-state index in [1.54, 1.807) is 12.1 Å². The number of hydrogen-bond acceptors (Lipinski definition) is 2. The molecule has 2 aromatic rings. The molecule has 0 saturated carbocycles. The number of carbonyl (C=O) groups is 2. The molecule has 0 saturated heterocycles. The average molecular weight is 305 g/mol. The molecule has 0 aliphatic rings. The van der Waals surface area contributed by atoms with E-state index < -0.39 is 0 Å². The maximum atomic E-state index is 12.0. The number of carbonyl (C=O) groups excluding carboxylic acids is 2. The molecule has 0 atom stereocenters. The summed E-state index contributed by atoms with van der Waals surface area (Å²) in [5.74, 6) is -0.735. The fourth-order valence-electron chi connectivity index (χ4n) is 2.22. The lowest BCUT2D eigenvalue weighted by Crippen LogP contribution is -2.28. The van der Waals surface area contributed by atoms with Crippen LogP contribution in [0, 0.1) is 0 Å². The van der Waals surface area contributed by atoms with Crippen molar-refractivity contribution >= 4 is 17.4 Å². The van der Waals surface area contributed by atoms with Gasteiger partial charge in [0.25, 0.3) is 5.91 Å². The smallest absolute Gasteiger partial charge is 0.258 e. The molecule has 3 nitrogen and oxygen atoms in total. The molecule has 0 fully saturated rings. The second kappa shape index (κ2) is 7.90. The number of benzene rings is 2. The van der Waals surface area contributed by atoms with Gasteiger partial charge in [0.2, 0.25) is 5.91 Å². The van der Waals surface area contributed by atoms with Crippen molar-refractivity contribution in [1.82, 2.24) is 5.32 Å². The van der Waals surface area contributed by atoms with Crippen molar-refractivity contribution in [3.8, 4) is 0 Å². The van der Waals surface area contributed by atoms with Crippen LogP contribution in [0.2, 0.25) is 0 Å². The Morgan fingerprint density at radius 2 is 1.70 bits per heavy atom. The van der Waals surface area contributed by atoms with Gasteiger partial charge < -0.3 is 0 Å². The van der Waals surface area contributed by atoms with E-state index in [0.29, 0.717) is 12.0 Å². The Morgan fingerprint density at radius 1 is 1.04 bits per heavy atom. The quantitative estimate of drug-likeness (QED) is 0.855. The third-order valence-corrected chi connectivity index (χ3v) is 3.35. The summed E-state index contributed by atoms with van der Waals surface area (Å²) in [6.07, 6.45) is 4.50. The minimum atomic E-state index is -0.372. The van der Waals surface area contributed by atoms with E-state index in [2.05, 4.69) is 11.9 Å². The van der Waals surface area contributed by atoms with E-state index in [0.717, 1.165) is 16.7 Å². The SMILES string of the molecule is C=C(/C=C/Cc1ccccc1C(=O)NC(C)=O)c1ccccc1. The summed E-state index contributed by atoms with van der Waals surface area (Å²) in [4.78, 5) is 23.1. The molecule has 116 valence electrons. The van der Waals surface area contributed by atoms with E-state index in [4.69, 9.17) is 0 Å². The molecule has 23 heavy (non-hydrogen) atoms. The molecule has 2 aromatic carbocycles. The molecule has 1 N–H and O–H groups in total. The first-order valence-corrected chi connectivity index (χ1v) is 7.38. The number of amides is 2. The Bertz CT molecular complexity index is 745. The third kappa shape index (κ3) is 4.78. The second-order valence-electron chi connectivity index (χ2n) is 5.17. The van der Waals surface area contributed by atoms with Gasteiger partial charge in [0.05, 0.1) is 0 Å². The summed E-state index contributed by atoms with van der Waals surface area (Å²) in [5, 5.41) is 2.31. The van der Waals surface area contributed by atoms with Gasteiger partial charge in [-0.05, 0) is 29.2 Å². The molecule has 2 amide bonds. The van der Waals surface area contributed by atoms with Gasteiger partial charge in [-0.1, -0.05) is 67.3 Å². The normalized spacial score (nSPS) is 10.5. The highest BCUT2D eigenvalue weighted by atomic mass is 16.2. The van der Waals surface area contributed by atoms with E-state index in [-0.39, 0.29) is 11.8 Å². The van der Waals surface area contributed by atoms with Crippen LogP contribution in [0.1, 0.15) is 28.4 Å². The second-order valence-corrected chi connectivity index (χ2v) is 5.17. The van der Waals surface area contributed by atoms with Gasteiger partial charge in [0, 0.05) is 12.5 Å². The summed E-state index contributed by atoms with van der Waals surface area (Å²) in [6, 6.07) is 17.2. The number of allylic oxidation sites excluding steroid dienone is 3. The lowest BCUT2D eigenvalue weighted by molar-refractivity contribution is -0.118. The summed E-state index contributed by atoms with van der Waals surface area (Å²) >= 11 is 0. The van der Waals surface area contributed by atoms with Crippen LogP contribution in [-0.4, -0.2) is 11.8 Å². The first kappa shape index (κ1) is 16.4. The van der Waals surface area contributed by atoms with Crippen LogP contribution in [0.25, 0.3) is 5.57 Å². The van der Waals surface area contributed by atoms with Crippen LogP contribution in [0.15, 0.2) is 73.3 Å². The Morgan fingerprint density at radius 3 is 2.39 bits per heavy atom. The maximum Gasteiger partial charge on any atom is 0.258 e. The summed E-state index contributed by atoms with van der Waals surface area (Å²) in [7, 11) is 0. The number of nitrogens with one attached hydrogen (secondary N) is 1. The molecule has 0 spiro atoms. The summed E-state index contributed by atoms with van der Waals surface area (Å²) in [6.45, 7) is 5.37. The number of rotatable bonds is 5. The lowest BCUT2D eigenvalue weighted by Gasteiger charge is -2.07. The van der Waals surface area contributed by atoms with E-state index in [1.165, 1.54) is 6.92 Å². The van der Waals surface area contributed by atoms with Gasteiger partial charge >= 0.3 is 0 Å². The Balaban J connectivity index is 2.09. The zero-order chi connectivity index (χ0) is 16.7. The van der Waals surface area contributed by atoms with Gasteiger partial charge in [-0.15, -0.1) is 0 Å². The Hall–Kier alpha value is -2.94. The molecule has 0 aliphatic heterocycles. The molecule has 0 heterocycles. The lowest BCUT2D eigenvalue weighted by atomic mass is 10.0. The van der Waals surface area contributed by atoms with Gasteiger partial charge in [0.1, 0.15) is 0 Å². The van der Waals surface area contributed by atoms with Crippen molar-refractivity contribution in [2.75, 3.05) is 0 Å². The van der Waals surface area contributed by atoms with Crippen molar-refractivity contribution in [3.05, 3.63) is 90.0 Å². The van der Waals surface area contributed by atoms with Crippen LogP contribution in [0.4, 0.5) is 0 Å². The zero-order valence-electron chi connectivity index (χ0n) is 13.1. The Labute approximate surface area is 136 Å². The van der Waals surface area contributed by atoms with E-state index in [9.17, 15) is 9.59 Å². The molecule has 0 aromatic heterocycles. The monoisotopic (exact) mass is 305 g/mol. The fraction of sp³-hybridized carbons (Fsp3) is 0.100. The topological polar surface area (TPSA) is 46.2 Å². The largest absolute Gasteiger partial charge is 0.293 e. The molecule has 3 heteroatoms. The molecular formula is C20H19NO2. The highest BCUT2D eigenvalue weighted by Gasteiger charge is 2.10. The Kier molecular flexibility index (Phi) is 5.64. The summed E-state index contributed by atoms with van der Waals surface area (Å²) < 4.78 is 0. The predicted octanol–water partition coefficient (Wildman–Crippen LogP) is 3.78.